The molecule has 1 fully saturated rings. The van der Waals surface area contributed by atoms with E-state index in [1.54, 1.807) is 0 Å². The quantitative estimate of drug-likeness (QED) is 0.892. The van der Waals surface area contributed by atoms with Crippen LogP contribution in [0.3, 0.4) is 0 Å². The number of hydrogen-bond acceptors (Lipinski definition) is 3. The van der Waals surface area contributed by atoms with E-state index in [9.17, 15) is 9.18 Å². The SMILES string of the molecule is CNCCC1COCCN1C(=O)c1ccc(F)cc1. The van der Waals surface area contributed by atoms with Gasteiger partial charge in [0.1, 0.15) is 5.82 Å². The molecule has 1 amide bonds. The molecule has 19 heavy (non-hydrogen) atoms. The van der Waals surface area contributed by atoms with Crippen molar-refractivity contribution in [2.24, 2.45) is 0 Å². The Hall–Kier alpha value is -1.46. The zero-order valence-corrected chi connectivity index (χ0v) is 11.1. The number of nitrogens with one attached hydrogen (secondary N) is 1. The molecule has 1 aliphatic heterocycles. The molecule has 1 aromatic carbocycles. The highest BCUT2D eigenvalue weighted by molar-refractivity contribution is 5.94. The van der Waals surface area contributed by atoms with Crippen molar-refractivity contribution in [2.45, 2.75) is 12.5 Å². The molecule has 0 saturated carbocycles. The minimum Gasteiger partial charge on any atom is -0.377 e. The lowest BCUT2D eigenvalue weighted by Gasteiger charge is -2.35. The van der Waals surface area contributed by atoms with Gasteiger partial charge in [0.2, 0.25) is 0 Å². The Morgan fingerprint density at radius 1 is 1.47 bits per heavy atom. The molecule has 1 saturated heterocycles. The highest BCUT2D eigenvalue weighted by atomic mass is 19.1. The molecule has 1 atom stereocenters. The average Bonchev–Trinajstić information content (AvgIpc) is 2.45. The first-order valence-electron chi connectivity index (χ1n) is 6.51. The summed E-state index contributed by atoms with van der Waals surface area (Å²) in [6, 6.07) is 5.77. The summed E-state index contributed by atoms with van der Waals surface area (Å²) in [5, 5.41) is 3.08. The van der Waals surface area contributed by atoms with E-state index in [0.29, 0.717) is 25.3 Å². The van der Waals surface area contributed by atoms with E-state index in [-0.39, 0.29) is 17.8 Å². The van der Waals surface area contributed by atoms with Crippen LogP contribution in [0.25, 0.3) is 0 Å². The molecular weight excluding hydrogens is 247 g/mol. The summed E-state index contributed by atoms with van der Waals surface area (Å²) < 4.78 is 18.3. The molecule has 104 valence electrons. The minimum atomic E-state index is -0.328. The van der Waals surface area contributed by atoms with E-state index in [2.05, 4.69) is 5.32 Å². The highest BCUT2D eigenvalue weighted by Gasteiger charge is 2.27. The maximum absolute atomic E-state index is 12.9. The Labute approximate surface area is 112 Å². The third kappa shape index (κ3) is 3.52. The molecule has 0 aromatic heterocycles. The number of hydrogen-bond donors (Lipinski definition) is 1. The first-order valence-corrected chi connectivity index (χ1v) is 6.51. The van der Waals surface area contributed by atoms with Gasteiger partial charge in [-0.1, -0.05) is 0 Å². The molecular formula is C14H19FN2O2. The number of carbonyl (C=O) groups is 1. The van der Waals surface area contributed by atoms with Gasteiger partial charge in [0.05, 0.1) is 19.3 Å². The third-order valence-corrected chi connectivity index (χ3v) is 3.31. The number of rotatable bonds is 4. The van der Waals surface area contributed by atoms with Crippen LogP contribution in [-0.2, 0) is 4.74 Å². The fraction of sp³-hybridized carbons (Fsp3) is 0.500. The summed E-state index contributed by atoms with van der Waals surface area (Å²) in [6.45, 7) is 2.55. The van der Waals surface area contributed by atoms with Gasteiger partial charge in [0.15, 0.2) is 0 Å². The lowest BCUT2D eigenvalue weighted by atomic mass is 10.1. The molecule has 0 spiro atoms. The van der Waals surface area contributed by atoms with Crippen molar-refractivity contribution in [1.82, 2.24) is 10.2 Å². The molecule has 1 aliphatic rings. The second-order valence-electron chi connectivity index (χ2n) is 4.63. The molecule has 1 N–H and O–H groups in total. The Morgan fingerprint density at radius 3 is 2.89 bits per heavy atom. The Bertz CT molecular complexity index is 422. The zero-order valence-electron chi connectivity index (χ0n) is 11.1. The van der Waals surface area contributed by atoms with Crippen LogP contribution in [0.2, 0.25) is 0 Å². The van der Waals surface area contributed by atoms with Crippen LogP contribution in [0, 0.1) is 5.82 Å². The molecule has 0 radical (unpaired) electrons. The summed E-state index contributed by atoms with van der Waals surface area (Å²) >= 11 is 0. The van der Waals surface area contributed by atoms with Gasteiger partial charge in [-0.2, -0.15) is 0 Å². The summed E-state index contributed by atoms with van der Waals surface area (Å²) in [4.78, 5) is 14.2. The third-order valence-electron chi connectivity index (χ3n) is 3.31. The predicted octanol–water partition coefficient (Wildman–Crippen LogP) is 1.28. The second kappa shape index (κ2) is 6.63. The van der Waals surface area contributed by atoms with Crippen molar-refractivity contribution in [3.05, 3.63) is 35.6 Å². The van der Waals surface area contributed by atoms with Gasteiger partial charge in [-0.25, -0.2) is 4.39 Å². The topological polar surface area (TPSA) is 41.6 Å². The number of halogens is 1. The summed E-state index contributed by atoms with van der Waals surface area (Å²) in [6.07, 6.45) is 0.851. The second-order valence-corrected chi connectivity index (χ2v) is 4.63. The van der Waals surface area contributed by atoms with Gasteiger partial charge in [-0.3, -0.25) is 4.79 Å². The van der Waals surface area contributed by atoms with E-state index in [1.165, 1.54) is 24.3 Å². The van der Waals surface area contributed by atoms with Gasteiger partial charge >= 0.3 is 0 Å². The summed E-state index contributed by atoms with van der Waals surface area (Å²) in [7, 11) is 1.88. The number of amides is 1. The molecule has 1 aromatic rings. The van der Waals surface area contributed by atoms with Crippen LogP contribution in [0.15, 0.2) is 24.3 Å². The first-order chi connectivity index (χ1) is 9.22. The van der Waals surface area contributed by atoms with Crippen molar-refractivity contribution in [3.8, 4) is 0 Å². The molecule has 2 rings (SSSR count). The molecule has 5 heteroatoms. The fourth-order valence-electron chi connectivity index (χ4n) is 2.23. The van der Waals surface area contributed by atoms with Crippen molar-refractivity contribution < 1.29 is 13.9 Å². The Balaban J connectivity index is 2.08. The smallest absolute Gasteiger partial charge is 0.254 e. The van der Waals surface area contributed by atoms with Crippen molar-refractivity contribution in [1.29, 1.82) is 0 Å². The lowest BCUT2D eigenvalue weighted by Crippen LogP contribution is -2.49. The van der Waals surface area contributed by atoms with Crippen LogP contribution in [0.4, 0.5) is 4.39 Å². The average molecular weight is 266 g/mol. The number of morpholine rings is 1. The van der Waals surface area contributed by atoms with Gasteiger partial charge in [-0.15, -0.1) is 0 Å². The van der Waals surface area contributed by atoms with E-state index in [1.807, 2.05) is 11.9 Å². The van der Waals surface area contributed by atoms with Crippen LogP contribution in [0.1, 0.15) is 16.8 Å². The Kier molecular flexibility index (Phi) is 4.87. The fourth-order valence-corrected chi connectivity index (χ4v) is 2.23. The van der Waals surface area contributed by atoms with Crippen molar-refractivity contribution in [2.75, 3.05) is 33.4 Å². The lowest BCUT2D eigenvalue weighted by molar-refractivity contribution is -0.00389. The van der Waals surface area contributed by atoms with E-state index in [4.69, 9.17) is 4.74 Å². The van der Waals surface area contributed by atoms with Crippen LogP contribution in [-0.4, -0.2) is 50.2 Å². The number of nitrogens with zero attached hydrogens (tertiary/aromatic N) is 1. The van der Waals surface area contributed by atoms with Gasteiger partial charge in [0, 0.05) is 12.1 Å². The van der Waals surface area contributed by atoms with Gasteiger partial charge in [-0.05, 0) is 44.3 Å². The molecule has 4 nitrogen and oxygen atoms in total. The van der Waals surface area contributed by atoms with Crippen molar-refractivity contribution >= 4 is 5.91 Å². The first kappa shape index (κ1) is 14.0. The highest BCUT2D eigenvalue weighted by Crippen LogP contribution is 2.15. The van der Waals surface area contributed by atoms with Crippen LogP contribution in [0.5, 0.6) is 0 Å². The number of benzene rings is 1. The summed E-state index contributed by atoms with van der Waals surface area (Å²) in [5.41, 5.74) is 0.526. The van der Waals surface area contributed by atoms with E-state index < -0.39 is 0 Å². The largest absolute Gasteiger partial charge is 0.377 e. The molecule has 0 bridgehead atoms. The standard InChI is InChI=1S/C14H19FN2O2/c1-16-7-6-13-10-19-9-8-17(13)14(18)11-2-4-12(15)5-3-11/h2-5,13,16H,6-10H2,1H3. The predicted molar refractivity (Wildman–Crippen MR) is 70.6 cm³/mol. The van der Waals surface area contributed by atoms with E-state index in [0.717, 1.165) is 13.0 Å². The van der Waals surface area contributed by atoms with Gasteiger partial charge < -0.3 is 15.0 Å². The molecule has 1 unspecified atom stereocenters. The molecule has 1 heterocycles. The summed E-state index contributed by atoms with van der Waals surface area (Å²) in [5.74, 6) is -0.380. The van der Waals surface area contributed by atoms with Crippen molar-refractivity contribution in [3.63, 3.8) is 0 Å². The zero-order chi connectivity index (χ0) is 13.7. The van der Waals surface area contributed by atoms with Crippen LogP contribution < -0.4 is 5.32 Å². The normalized spacial score (nSPS) is 19.5. The number of carbonyl (C=O) groups excluding carboxylic acids is 1. The maximum Gasteiger partial charge on any atom is 0.254 e. The number of ether oxygens (including phenoxy) is 1. The van der Waals surface area contributed by atoms with E-state index >= 15 is 0 Å². The van der Waals surface area contributed by atoms with Gasteiger partial charge in [0.25, 0.3) is 5.91 Å². The monoisotopic (exact) mass is 266 g/mol. The Morgan fingerprint density at radius 2 is 2.21 bits per heavy atom. The maximum atomic E-state index is 12.9. The minimum absolute atomic E-state index is 0.0515. The molecule has 0 aliphatic carbocycles. The van der Waals surface area contributed by atoms with Crippen LogP contribution >= 0.6 is 0 Å².